The van der Waals surface area contributed by atoms with E-state index in [1.807, 2.05) is 0 Å². The van der Waals surface area contributed by atoms with Gasteiger partial charge in [-0.2, -0.15) is 0 Å². The average molecular weight is 381 g/mol. The van der Waals surface area contributed by atoms with E-state index in [0.29, 0.717) is 11.3 Å². The first-order chi connectivity index (χ1) is 13.5. The summed E-state index contributed by atoms with van der Waals surface area (Å²) in [6, 6.07) is 8.08. The Morgan fingerprint density at radius 3 is 2.68 bits per heavy atom. The fraction of sp³-hybridized carbons (Fsp3) is 0.286. The highest BCUT2D eigenvalue weighted by atomic mass is 19.1. The van der Waals surface area contributed by atoms with Crippen LogP contribution in [0.2, 0.25) is 0 Å². The molecule has 1 aromatic carbocycles. The standard InChI is InChI=1S/C21H20FN3O3/c1-4-8-14-11-16(22)18(17(12-14)28-5-2)19-20(26)24(3)25(21(19)27)13-15-9-6-7-10-23-15/h6-7,9-12,19H,5,13H2,1-3H3. The second-order valence-electron chi connectivity index (χ2n) is 6.19. The molecular weight excluding hydrogens is 361 g/mol. The lowest BCUT2D eigenvalue weighted by Crippen LogP contribution is -2.37. The van der Waals surface area contributed by atoms with Crippen LogP contribution in [-0.4, -0.2) is 40.5 Å². The molecule has 2 aromatic rings. The first-order valence-corrected chi connectivity index (χ1v) is 8.85. The third kappa shape index (κ3) is 3.54. The minimum Gasteiger partial charge on any atom is -0.493 e. The Bertz CT molecular complexity index is 966. The monoisotopic (exact) mass is 381 g/mol. The summed E-state index contributed by atoms with van der Waals surface area (Å²) in [5.41, 5.74) is 0.980. The van der Waals surface area contributed by atoms with Gasteiger partial charge in [-0.25, -0.2) is 9.40 Å². The van der Waals surface area contributed by atoms with Crippen LogP contribution in [-0.2, 0) is 16.1 Å². The summed E-state index contributed by atoms with van der Waals surface area (Å²) in [5.74, 6) is 2.58. The van der Waals surface area contributed by atoms with Crippen LogP contribution in [0, 0.1) is 17.7 Å². The van der Waals surface area contributed by atoms with E-state index in [4.69, 9.17) is 4.74 Å². The Labute approximate surface area is 162 Å². The molecule has 1 unspecified atom stereocenters. The van der Waals surface area contributed by atoms with E-state index >= 15 is 0 Å². The second-order valence-corrected chi connectivity index (χ2v) is 6.19. The van der Waals surface area contributed by atoms with Gasteiger partial charge in [0.05, 0.1) is 24.4 Å². The van der Waals surface area contributed by atoms with Crippen LogP contribution in [0.15, 0.2) is 36.5 Å². The van der Waals surface area contributed by atoms with Gasteiger partial charge in [0, 0.05) is 18.8 Å². The molecule has 144 valence electrons. The van der Waals surface area contributed by atoms with Crippen molar-refractivity contribution in [1.29, 1.82) is 0 Å². The van der Waals surface area contributed by atoms with E-state index in [9.17, 15) is 14.0 Å². The maximum atomic E-state index is 14.9. The van der Waals surface area contributed by atoms with E-state index in [2.05, 4.69) is 16.8 Å². The second kappa shape index (κ2) is 8.09. The van der Waals surface area contributed by atoms with Gasteiger partial charge in [0.1, 0.15) is 11.6 Å². The number of carbonyl (C=O) groups is 2. The molecular formula is C21H20FN3O3. The van der Waals surface area contributed by atoms with E-state index in [0.717, 1.165) is 0 Å². The van der Waals surface area contributed by atoms with E-state index in [1.165, 1.54) is 23.1 Å². The van der Waals surface area contributed by atoms with Crippen LogP contribution in [0.25, 0.3) is 0 Å². The van der Waals surface area contributed by atoms with Crippen molar-refractivity contribution in [1.82, 2.24) is 15.0 Å². The molecule has 7 heteroatoms. The smallest absolute Gasteiger partial charge is 0.258 e. The average Bonchev–Trinajstić information content (AvgIpc) is 2.87. The molecule has 1 aliphatic rings. The van der Waals surface area contributed by atoms with Gasteiger partial charge >= 0.3 is 0 Å². The maximum Gasteiger partial charge on any atom is 0.258 e. The van der Waals surface area contributed by atoms with Gasteiger partial charge in [0.2, 0.25) is 0 Å². The minimum absolute atomic E-state index is 0.0612. The summed E-state index contributed by atoms with van der Waals surface area (Å²) in [6.45, 7) is 3.76. The summed E-state index contributed by atoms with van der Waals surface area (Å²) in [5, 5.41) is 2.47. The maximum absolute atomic E-state index is 14.9. The molecule has 3 rings (SSSR count). The molecule has 2 amide bonds. The number of likely N-dealkylation sites (N-methyl/N-ethyl adjacent to an activating group) is 1. The Morgan fingerprint density at radius 2 is 2.04 bits per heavy atom. The molecule has 0 aliphatic carbocycles. The first-order valence-electron chi connectivity index (χ1n) is 8.85. The summed E-state index contributed by atoms with van der Waals surface area (Å²) >= 11 is 0. The third-order valence-corrected chi connectivity index (χ3v) is 4.42. The number of ether oxygens (including phenoxy) is 1. The molecule has 0 saturated carbocycles. The number of carbonyl (C=O) groups excluding carboxylic acids is 2. The number of amides is 2. The summed E-state index contributed by atoms with van der Waals surface area (Å²) in [4.78, 5) is 30.0. The number of halogens is 1. The highest BCUT2D eigenvalue weighted by molar-refractivity contribution is 6.10. The molecule has 1 atom stereocenters. The Hall–Kier alpha value is -3.40. The van der Waals surface area contributed by atoms with Crippen molar-refractivity contribution in [3.05, 3.63) is 59.2 Å². The predicted octanol–water partition coefficient (Wildman–Crippen LogP) is 2.49. The number of pyridine rings is 1. The number of benzene rings is 1. The number of hydrazine groups is 1. The molecule has 28 heavy (non-hydrogen) atoms. The van der Waals surface area contributed by atoms with Crippen LogP contribution in [0.4, 0.5) is 4.39 Å². The van der Waals surface area contributed by atoms with Crippen LogP contribution in [0.5, 0.6) is 5.75 Å². The number of aromatic nitrogens is 1. The number of hydrogen-bond donors (Lipinski definition) is 0. The van der Waals surface area contributed by atoms with Gasteiger partial charge in [0.15, 0.2) is 5.92 Å². The third-order valence-electron chi connectivity index (χ3n) is 4.42. The van der Waals surface area contributed by atoms with Crippen LogP contribution >= 0.6 is 0 Å². The summed E-state index contributed by atoms with van der Waals surface area (Å²) in [7, 11) is 1.48. The molecule has 1 aliphatic heterocycles. The van der Waals surface area contributed by atoms with Crippen molar-refractivity contribution in [2.24, 2.45) is 0 Å². The summed E-state index contributed by atoms with van der Waals surface area (Å²) < 4.78 is 20.5. The Balaban J connectivity index is 2.02. The Morgan fingerprint density at radius 1 is 1.25 bits per heavy atom. The number of hydrogen-bond acceptors (Lipinski definition) is 4. The molecule has 0 N–H and O–H groups in total. The van der Waals surface area contributed by atoms with Crippen LogP contribution < -0.4 is 4.74 Å². The van der Waals surface area contributed by atoms with Crippen LogP contribution in [0.1, 0.15) is 36.6 Å². The van der Waals surface area contributed by atoms with Crippen molar-refractivity contribution >= 4 is 11.8 Å². The Kier molecular flexibility index (Phi) is 5.59. The summed E-state index contributed by atoms with van der Waals surface area (Å²) in [6.07, 6.45) is 1.61. The van der Waals surface area contributed by atoms with Crippen molar-refractivity contribution < 1.29 is 18.7 Å². The molecule has 0 bridgehead atoms. The van der Waals surface area contributed by atoms with Gasteiger partial charge in [-0.15, -0.1) is 5.92 Å². The van der Waals surface area contributed by atoms with Crippen LogP contribution in [0.3, 0.4) is 0 Å². The molecule has 6 nitrogen and oxygen atoms in total. The van der Waals surface area contributed by atoms with E-state index in [-0.39, 0.29) is 24.5 Å². The lowest BCUT2D eigenvalue weighted by atomic mass is 9.95. The topological polar surface area (TPSA) is 62.7 Å². The highest BCUT2D eigenvalue weighted by Crippen LogP contribution is 2.37. The zero-order valence-electron chi connectivity index (χ0n) is 15.9. The first kappa shape index (κ1) is 19.4. The number of rotatable bonds is 5. The molecule has 2 heterocycles. The number of nitrogens with zero attached hydrogens (tertiary/aromatic N) is 3. The molecule has 1 fully saturated rings. The fourth-order valence-corrected chi connectivity index (χ4v) is 3.15. The molecule has 0 radical (unpaired) electrons. The van der Waals surface area contributed by atoms with E-state index < -0.39 is 23.5 Å². The van der Waals surface area contributed by atoms with Crippen molar-refractivity contribution in [3.63, 3.8) is 0 Å². The predicted molar refractivity (Wildman–Crippen MR) is 100 cm³/mol. The highest BCUT2D eigenvalue weighted by Gasteiger charge is 2.47. The molecule has 1 saturated heterocycles. The SMILES string of the molecule is CC#Cc1cc(F)c(C2C(=O)N(C)N(Cc3ccccn3)C2=O)c(OCC)c1. The molecule has 0 spiro atoms. The van der Waals surface area contributed by atoms with Crippen molar-refractivity contribution in [3.8, 4) is 17.6 Å². The fourth-order valence-electron chi connectivity index (χ4n) is 3.15. The lowest BCUT2D eigenvalue weighted by Gasteiger charge is -2.23. The van der Waals surface area contributed by atoms with E-state index in [1.54, 1.807) is 44.3 Å². The quantitative estimate of drug-likeness (QED) is 0.590. The normalized spacial score (nSPS) is 16.2. The van der Waals surface area contributed by atoms with Gasteiger partial charge in [0.25, 0.3) is 11.8 Å². The van der Waals surface area contributed by atoms with Crippen molar-refractivity contribution in [2.75, 3.05) is 13.7 Å². The molecule has 1 aromatic heterocycles. The zero-order valence-corrected chi connectivity index (χ0v) is 15.9. The minimum atomic E-state index is -1.31. The van der Waals surface area contributed by atoms with Gasteiger partial charge in [-0.1, -0.05) is 12.0 Å². The largest absolute Gasteiger partial charge is 0.493 e. The zero-order chi connectivity index (χ0) is 20.3. The van der Waals surface area contributed by atoms with Crippen molar-refractivity contribution in [2.45, 2.75) is 26.3 Å². The van der Waals surface area contributed by atoms with Gasteiger partial charge in [-0.3, -0.25) is 19.6 Å². The lowest BCUT2D eigenvalue weighted by molar-refractivity contribution is -0.145. The van der Waals surface area contributed by atoms with Gasteiger partial charge < -0.3 is 4.74 Å². The van der Waals surface area contributed by atoms with Gasteiger partial charge in [-0.05, 0) is 38.1 Å².